The largest absolute Gasteiger partial charge is 0.491 e. The maximum absolute atomic E-state index is 11.9. The van der Waals surface area contributed by atoms with Crippen LogP contribution in [0.1, 0.15) is 19.8 Å². The quantitative estimate of drug-likeness (QED) is 0.404. The predicted octanol–water partition coefficient (Wildman–Crippen LogP) is 1.96. The van der Waals surface area contributed by atoms with E-state index in [1.54, 1.807) is 12.2 Å². The van der Waals surface area contributed by atoms with Gasteiger partial charge in [0, 0.05) is 13.1 Å². The molecule has 1 fully saturated rings. The van der Waals surface area contributed by atoms with Crippen LogP contribution in [-0.4, -0.2) is 31.0 Å². The lowest BCUT2D eigenvalue weighted by molar-refractivity contribution is -0.132. The summed E-state index contributed by atoms with van der Waals surface area (Å²) in [5, 5.41) is 0. The number of ether oxygens (including phenoxy) is 1. The average Bonchev–Trinajstić information content (AvgIpc) is 2.25. The second-order valence-corrected chi connectivity index (χ2v) is 3.97. The first-order valence-electron chi connectivity index (χ1n) is 5.35. The number of amides is 1. The van der Waals surface area contributed by atoms with Gasteiger partial charge in [-0.3, -0.25) is 4.79 Å². The topological polar surface area (TPSA) is 29.5 Å². The van der Waals surface area contributed by atoms with Crippen molar-refractivity contribution in [1.29, 1.82) is 0 Å². The van der Waals surface area contributed by atoms with E-state index in [2.05, 4.69) is 13.5 Å². The van der Waals surface area contributed by atoms with Gasteiger partial charge in [-0.1, -0.05) is 19.6 Å². The van der Waals surface area contributed by atoms with E-state index in [0.29, 0.717) is 11.7 Å². The lowest BCUT2D eigenvalue weighted by atomic mass is 10.0. The Morgan fingerprint density at radius 3 is 2.87 bits per heavy atom. The van der Waals surface area contributed by atoms with Crippen molar-refractivity contribution in [1.82, 2.24) is 4.90 Å². The zero-order valence-electron chi connectivity index (χ0n) is 9.53. The van der Waals surface area contributed by atoms with Gasteiger partial charge in [-0.2, -0.15) is 0 Å². The fourth-order valence-electron chi connectivity index (χ4n) is 1.86. The third-order valence-corrected chi connectivity index (χ3v) is 2.64. The summed E-state index contributed by atoms with van der Waals surface area (Å²) in [4.78, 5) is 13.8. The van der Waals surface area contributed by atoms with Crippen LogP contribution in [0.4, 0.5) is 0 Å². The van der Waals surface area contributed by atoms with Crippen LogP contribution in [0.2, 0.25) is 0 Å². The minimum absolute atomic E-state index is 0.0241. The number of carbonyl (C=O) groups is 1. The first kappa shape index (κ1) is 11.8. The van der Waals surface area contributed by atoms with E-state index < -0.39 is 0 Å². The molecule has 0 aromatic carbocycles. The Hall–Kier alpha value is -1.25. The molecule has 1 unspecified atom stereocenters. The maximum atomic E-state index is 11.9. The molecular formula is C12H19NO2. The van der Waals surface area contributed by atoms with Crippen molar-refractivity contribution in [3.05, 3.63) is 24.5 Å². The first-order chi connectivity index (χ1) is 7.19. The third kappa shape index (κ3) is 3.11. The summed E-state index contributed by atoms with van der Waals surface area (Å²) >= 11 is 0. The Morgan fingerprint density at radius 2 is 2.33 bits per heavy atom. The van der Waals surface area contributed by atoms with Gasteiger partial charge in [-0.15, -0.1) is 0 Å². The van der Waals surface area contributed by atoms with Crippen LogP contribution in [0.3, 0.4) is 0 Å². The number of likely N-dealkylation sites (tertiary alicyclic amines) is 1. The van der Waals surface area contributed by atoms with Gasteiger partial charge >= 0.3 is 0 Å². The molecule has 0 N–H and O–H groups in total. The fourth-order valence-corrected chi connectivity index (χ4v) is 1.86. The lowest BCUT2D eigenvalue weighted by Gasteiger charge is -2.31. The molecule has 1 heterocycles. The predicted molar refractivity (Wildman–Crippen MR) is 60.3 cm³/mol. The highest BCUT2D eigenvalue weighted by Gasteiger charge is 2.23. The molecule has 0 saturated carbocycles. The van der Waals surface area contributed by atoms with Crippen molar-refractivity contribution < 1.29 is 9.53 Å². The molecule has 0 radical (unpaired) electrons. The Bertz CT molecular complexity index is 271. The minimum Gasteiger partial charge on any atom is -0.491 e. The van der Waals surface area contributed by atoms with E-state index in [4.69, 9.17) is 4.74 Å². The van der Waals surface area contributed by atoms with E-state index in [1.165, 1.54) is 13.5 Å². The van der Waals surface area contributed by atoms with Crippen LogP contribution in [0.15, 0.2) is 24.5 Å². The van der Waals surface area contributed by atoms with Gasteiger partial charge in [0.05, 0.1) is 7.11 Å². The molecule has 3 nitrogen and oxygen atoms in total. The molecule has 1 amide bonds. The van der Waals surface area contributed by atoms with Gasteiger partial charge in [0.2, 0.25) is 0 Å². The molecule has 0 spiro atoms. The molecule has 0 aliphatic carbocycles. The van der Waals surface area contributed by atoms with E-state index in [-0.39, 0.29) is 5.91 Å². The van der Waals surface area contributed by atoms with Gasteiger partial charge in [0.25, 0.3) is 5.91 Å². The van der Waals surface area contributed by atoms with Crippen LogP contribution < -0.4 is 0 Å². The summed E-state index contributed by atoms with van der Waals surface area (Å²) in [6.45, 7) is 7.40. The summed E-state index contributed by atoms with van der Waals surface area (Å²) in [5.41, 5.74) is 0. The Labute approximate surface area is 91.4 Å². The summed E-state index contributed by atoms with van der Waals surface area (Å²) < 4.78 is 5.04. The van der Waals surface area contributed by atoms with Crippen LogP contribution >= 0.6 is 0 Å². The highest BCUT2D eigenvalue weighted by molar-refractivity contribution is 5.91. The van der Waals surface area contributed by atoms with Gasteiger partial charge in [0.15, 0.2) is 5.76 Å². The summed E-state index contributed by atoms with van der Waals surface area (Å²) in [6.07, 6.45) is 5.47. The highest BCUT2D eigenvalue weighted by atomic mass is 16.5. The number of rotatable bonds is 3. The molecule has 0 bridgehead atoms. The first-order valence-corrected chi connectivity index (χ1v) is 5.35. The molecule has 3 heteroatoms. The molecule has 1 aliphatic rings. The molecule has 1 rings (SSSR count). The van der Waals surface area contributed by atoms with Crippen LogP contribution in [0.5, 0.6) is 0 Å². The molecule has 0 aromatic rings. The molecular weight excluding hydrogens is 190 g/mol. The van der Waals surface area contributed by atoms with Crippen molar-refractivity contribution in [2.75, 3.05) is 20.2 Å². The van der Waals surface area contributed by atoms with E-state index in [0.717, 1.165) is 19.5 Å². The smallest absolute Gasteiger partial charge is 0.288 e. The molecule has 15 heavy (non-hydrogen) atoms. The van der Waals surface area contributed by atoms with Gasteiger partial charge < -0.3 is 9.64 Å². The van der Waals surface area contributed by atoms with Crippen LogP contribution in [0, 0.1) is 5.92 Å². The Balaban J connectivity index is 2.65. The van der Waals surface area contributed by atoms with Crippen LogP contribution in [0.25, 0.3) is 0 Å². The monoisotopic (exact) mass is 209 g/mol. The van der Waals surface area contributed by atoms with Crippen molar-refractivity contribution in [2.24, 2.45) is 5.92 Å². The maximum Gasteiger partial charge on any atom is 0.288 e. The number of hydrogen-bond donors (Lipinski definition) is 0. The Kier molecular flexibility index (Phi) is 4.40. The zero-order valence-corrected chi connectivity index (χ0v) is 9.53. The number of hydrogen-bond acceptors (Lipinski definition) is 2. The lowest BCUT2D eigenvalue weighted by Crippen LogP contribution is -2.40. The van der Waals surface area contributed by atoms with Crippen LogP contribution in [-0.2, 0) is 9.53 Å². The molecule has 1 saturated heterocycles. The summed E-state index contributed by atoms with van der Waals surface area (Å²) in [6, 6.07) is 0. The standard InChI is InChI=1S/C12H19NO2/c1-4-6-11(15-3)12(14)13-8-5-7-10(2)9-13/h4,6,10H,1,5,7-9H2,2-3H3/b11-6-. The van der Waals surface area contributed by atoms with E-state index >= 15 is 0 Å². The average molecular weight is 209 g/mol. The van der Waals surface area contributed by atoms with Crippen molar-refractivity contribution in [3.8, 4) is 0 Å². The normalized spacial score (nSPS) is 22.4. The number of nitrogens with zero attached hydrogens (tertiary/aromatic N) is 1. The number of carbonyl (C=O) groups excluding carboxylic acids is 1. The molecule has 1 atom stereocenters. The molecule has 1 aliphatic heterocycles. The summed E-state index contributed by atoms with van der Waals surface area (Å²) in [7, 11) is 1.51. The number of methoxy groups -OCH3 is 1. The fraction of sp³-hybridized carbons (Fsp3) is 0.583. The highest BCUT2D eigenvalue weighted by Crippen LogP contribution is 2.17. The van der Waals surface area contributed by atoms with Crippen molar-refractivity contribution >= 4 is 5.91 Å². The minimum atomic E-state index is -0.0241. The number of piperidine rings is 1. The van der Waals surface area contributed by atoms with Gasteiger partial charge in [0.1, 0.15) is 0 Å². The number of allylic oxidation sites excluding steroid dienone is 2. The summed E-state index contributed by atoms with van der Waals surface area (Å²) in [5.74, 6) is 0.938. The second-order valence-electron chi connectivity index (χ2n) is 3.97. The third-order valence-electron chi connectivity index (χ3n) is 2.64. The van der Waals surface area contributed by atoms with E-state index in [9.17, 15) is 4.79 Å². The Morgan fingerprint density at radius 1 is 1.60 bits per heavy atom. The van der Waals surface area contributed by atoms with Gasteiger partial charge in [-0.25, -0.2) is 0 Å². The van der Waals surface area contributed by atoms with Gasteiger partial charge in [-0.05, 0) is 24.8 Å². The van der Waals surface area contributed by atoms with E-state index in [1.807, 2.05) is 4.90 Å². The molecule has 84 valence electrons. The zero-order chi connectivity index (χ0) is 11.3. The molecule has 0 aromatic heterocycles. The second kappa shape index (κ2) is 5.59. The van der Waals surface area contributed by atoms with Crippen molar-refractivity contribution in [2.45, 2.75) is 19.8 Å². The SMILES string of the molecule is C=C/C=C(\OC)C(=O)N1CCCC(C)C1. The van der Waals surface area contributed by atoms with Crippen molar-refractivity contribution in [3.63, 3.8) is 0 Å².